The van der Waals surface area contributed by atoms with Crippen molar-refractivity contribution in [2.75, 3.05) is 6.54 Å². The lowest BCUT2D eigenvalue weighted by Gasteiger charge is -2.29. The normalized spacial score (nSPS) is 16.4. The van der Waals surface area contributed by atoms with Crippen LogP contribution in [0.5, 0.6) is 0 Å². The van der Waals surface area contributed by atoms with Gasteiger partial charge in [0.2, 0.25) is 0 Å². The summed E-state index contributed by atoms with van der Waals surface area (Å²) < 4.78 is 0. The fraction of sp³-hybridized carbons (Fsp3) is 0.500. The van der Waals surface area contributed by atoms with Gasteiger partial charge in [-0.25, -0.2) is 9.59 Å². The molecule has 0 aliphatic heterocycles. The van der Waals surface area contributed by atoms with Gasteiger partial charge in [0.1, 0.15) is 0 Å². The van der Waals surface area contributed by atoms with Gasteiger partial charge in [-0.1, -0.05) is 43.2 Å². The highest BCUT2D eigenvalue weighted by molar-refractivity contribution is 5.83. The van der Waals surface area contributed by atoms with Crippen LogP contribution in [0.15, 0.2) is 30.3 Å². The summed E-state index contributed by atoms with van der Waals surface area (Å²) in [6, 6.07) is 7.73. The molecule has 2 rings (SSSR count). The molecular formula is C16H22N2O3. The van der Waals surface area contributed by atoms with Crippen molar-refractivity contribution in [3.8, 4) is 0 Å². The molecule has 2 amide bonds. The summed E-state index contributed by atoms with van der Waals surface area (Å²) in [6.07, 6.45) is 4.28. The van der Waals surface area contributed by atoms with Crippen LogP contribution in [0.25, 0.3) is 0 Å². The second-order valence-electron chi connectivity index (χ2n) is 5.36. The van der Waals surface area contributed by atoms with E-state index in [1.54, 1.807) is 29.2 Å². The van der Waals surface area contributed by atoms with Crippen molar-refractivity contribution in [2.45, 2.75) is 44.7 Å². The Morgan fingerprint density at radius 2 is 1.90 bits per heavy atom. The first-order valence-corrected chi connectivity index (χ1v) is 7.48. The van der Waals surface area contributed by atoms with Crippen molar-refractivity contribution >= 4 is 12.0 Å². The van der Waals surface area contributed by atoms with E-state index < -0.39 is 12.0 Å². The number of urea groups is 1. The number of amides is 2. The Kier molecular flexibility index (Phi) is 5.20. The van der Waals surface area contributed by atoms with Gasteiger partial charge in [-0.2, -0.15) is 0 Å². The number of carbonyl (C=O) groups excluding carboxylic acids is 1. The van der Waals surface area contributed by atoms with Crippen molar-refractivity contribution in [1.82, 2.24) is 10.2 Å². The molecule has 0 radical (unpaired) electrons. The molecule has 0 aromatic heterocycles. The lowest BCUT2D eigenvalue weighted by molar-refractivity contribution is -0.139. The molecule has 1 aliphatic rings. The SMILES string of the molecule is CCN(C(=O)N[C@H](C(=O)O)c1ccccc1)C1CCCC1. The molecule has 1 aromatic carbocycles. The standard InChI is InChI=1S/C16H22N2O3/c1-2-18(13-10-6-7-11-13)16(21)17-14(15(19)20)12-8-4-3-5-9-12/h3-5,8-9,13-14H,2,6-7,10-11H2,1H3,(H,17,21)(H,19,20)/t14-/m0/s1. The van der Waals surface area contributed by atoms with Crippen molar-refractivity contribution in [2.24, 2.45) is 0 Å². The van der Waals surface area contributed by atoms with Gasteiger partial charge >= 0.3 is 12.0 Å². The maximum atomic E-state index is 12.4. The molecule has 0 saturated heterocycles. The van der Waals surface area contributed by atoms with Gasteiger partial charge in [-0.3, -0.25) is 0 Å². The van der Waals surface area contributed by atoms with E-state index in [0.717, 1.165) is 25.7 Å². The number of hydrogen-bond acceptors (Lipinski definition) is 2. The van der Waals surface area contributed by atoms with Crippen molar-refractivity contribution < 1.29 is 14.7 Å². The number of carbonyl (C=O) groups is 2. The summed E-state index contributed by atoms with van der Waals surface area (Å²) in [4.78, 5) is 25.6. The van der Waals surface area contributed by atoms with Gasteiger partial charge in [0.15, 0.2) is 6.04 Å². The topological polar surface area (TPSA) is 69.6 Å². The number of benzene rings is 1. The summed E-state index contributed by atoms with van der Waals surface area (Å²) in [7, 11) is 0. The third-order valence-electron chi connectivity index (χ3n) is 4.01. The van der Waals surface area contributed by atoms with Gasteiger partial charge in [-0.05, 0) is 25.3 Å². The highest BCUT2D eigenvalue weighted by Gasteiger charge is 2.29. The number of nitrogens with one attached hydrogen (secondary N) is 1. The second kappa shape index (κ2) is 7.11. The van der Waals surface area contributed by atoms with Crippen LogP contribution >= 0.6 is 0 Å². The number of aliphatic carboxylic acids is 1. The predicted molar refractivity (Wildman–Crippen MR) is 80.0 cm³/mol. The molecule has 2 N–H and O–H groups in total. The lowest BCUT2D eigenvalue weighted by Crippen LogP contribution is -2.47. The molecule has 1 atom stereocenters. The smallest absolute Gasteiger partial charge is 0.330 e. The maximum absolute atomic E-state index is 12.4. The number of rotatable bonds is 5. The molecule has 0 unspecified atom stereocenters. The Morgan fingerprint density at radius 1 is 1.29 bits per heavy atom. The van der Waals surface area contributed by atoms with Crippen LogP contribution in [0.1, 0.15) is 44.2 Å². The van der Waals surface area contributed by atoms with E-state index in [1.165, 1.54) is 0 Å². The highest BCUT2D eigenvalue weighted by atomic mass is 16.4. The zero-order valence-electron chi connectivity index (χ0n) is 12.3. The van der Waals surface area contributed by atoms with Gasteiger partial charge in [-0.15, -0.1) is 0 Å². The van der Waals surface area contributed by atoms with Gasteiger partial charge in [0.25, 0.3) is 0 Å². The van der Waals surface area contributed by atoms with Crippen LogP contribution in [-0.2, 0) is 4.79 Å². The molecule has 1 fully saturated rings. The summed E-state index contributed by atoms with van der Waals surface area (Å²) in [6.45, 7) is 2.52. The first-order valence-electron chi connectivity index (χ1n) is 7.48. The summed E-state index contributed by atoms with van der Waals surface area (Å²) in [5.74, 6) is -1.04. The number of nitrogens with zero attached hydrogens (tertiary/aromatic N) is 1. The van der Waals surface area contributed by atoms with E-state index in [2.05, 4.69) is 5.32 Å². The molecule has 114 valence electrons. The lowest BCUT2D eigenvalue weighted by atomic mass is 10.1. The van der Waals surface area contributed by atoms with E-state index in [4.69, 9.17) is 0 Å². The average Bonchev–Trinajstić information content (AvgIpc) is 3.00. The van der Waals surface area contributed by atoms with Crippen LogP contribution in [0.2, 0.25) is 0 Å². The van der Waals surface area contributed by atoms with Crippen LogP contribution in [-0.4, -0.2) is 34.6 Å². The quantitative estimate of drug-likeness (QED) is 0.876. The van der Waals surface area contributed by atoms with Crippen LogP contribution in [0.3, 0.4) is 0 Å². The Balaban J connectivity index is 2.09. The fourth-order valence-electron chi connectivity index (χ4n) is 2.92. The van der Waals surface area contributed by atoms with Crippen molar-refractivity contribution in [1.29, 1.82) is 0 Å². The summed E-state index contributed by atoms with van der Waals surface area (Å²) >= 11 is 0. The van der Waals surface area contributed by atoms with E-state index in [1.807, 2.05) is 13.0 Å². The minimum Gasteiger partial charge on any atom is -0.479 e. The Bertz CT molecular complexity index is 484. The average molecular weight is 290 g/mol. The molecule has 1 saturated carbocycles. The van der Waals surface area contributed by atoms with E-state index in [0.29, 0.717) is 12.1 Å². The molecule has 0 spiro atoms. The molecule has 1 aromatic rings. The highest BCUT2D eigenvalue weighted by Crippen LogP contribution is 2.24. The van der Waals surface area contributed by atoms with Crippen LogP contribution < -0.4 is 5.32 Å². The number of hydrogen-bond donors (Lipinski definition) is 2. The van der Waals surface area contributed by atoms with Gasteiger partial charge in [0.05, 0.1) is 0 Å². The maximum Gasteiger partial charge on any atom is 0.330 e. The molecule has 5 nitrogen and oxygen atoms in total. The first-order chi connectivity index (χ1) is 10.1. The number of carboxylic acids is 1. The van der Waals surface area contributed by atoms with Crippen molar-refractivity contribution in [3.63, 3.8) is 0 Å². The fourth-order valence-corrected chi connectivity index (χ4v) is 2.92. The van der Waals surface area contributed by atoms with Crippen molar-refractivity contribution in [3.05, 3.63) is 35.9 Å². The van der Waals surface area contributed by atoms with E-state index in [9.17, 15) is 14.7 Å². The Labute approximate surface area is 125 Å². The van der Waals surface area contributed by atoms with E-state index in [-0.39, 0.29) is 12.1 Å². The predicted octanol–water partition coefficient (Wildman–Crippen LogP) is 2.79. The second-order valence-corrected chi connectivity index (χ2v) is 5.36. The van der Waals surface area contributed by atoms with Gasteiger partial charge in [0, 0.05) is 12.6 Å². The summed E-state index contributed by atoms with van der Waals surface area (Å²) in [5, 5.41) is 12.0. The Morgan fingerprint density at radius 3 is 2.43 bits per heavy atom. The molecule has 0 bridgehead atoms. The Hall–Kier alpha value is -2.04. The minimum absolute atomic E-state index is 0.236. The third-order valence-corrected chi connectivity index (χ3v) is 4.01. The first kappa shape index (κ1) is 15.4. The monoisotopic (exact) mass is 290 g/mol. The molecule has 21 heavy (non-hydrogen) atoms. The molecule has 1 aliphatic carbocycles. The third kappa shape index (κ3) is 3.74. The zero-order chi connectivity index (χ0) is 15.2. The van der Waals surface area contributed by atoms with Crippen LogP contribution in [0, 0.1) is 0 Å². The molecular weight excluding hydrogens is 268 g/mol. The van der Waals surface area contributed by atoms with Crippen LogP contribution in [0.4, 0.5) is 4.79 Å². The van der Waals surface area contributed by atoms with E-state index >= 15 is 0 Å². The summed E-state index contributed by atoms with van der Waals surface area (Å²) in [5.41, 5.74) is 0.584. The number of carboxylic acid groups (broad SMARTS) is 1. The molecule has 5 heteroatoms. The van der Waals surface area contributed by atoms with Gasteiger partial charge < -0.3 is 15.3 Å². The zero-order valence-corrected chi connectivity index (χ0v) is 12.3. The largest absolute Gasteiger partial charge is 0.479 e. The molecule has 0 heterocycles. The minimum atomic E-state index is -1.04.